The van der Waals surface area contributed by atoms with Crippen molar-refractivity contribution in [1.29, 1.82) is 0 Å². The number of nitrogens with two attached hydrogens (primary N) is 1. The molecule has 0 spiro atoms. The molecule has 0 amide bonds. The number of nitrogens with zero attached hydrogens (tertiary/aromatic N) is 2. The molecule has 19 heavy (non-hydrogen) atoms. The largest absolute Gasteiger partial charge is 0.330 e. The first-order valence-electron chi connectivity index (χ1n) is 6.14. The van der Waals surface area contributed by atoms with Crippen molar-refractivity contribution in [2.24, 2.45) is 12.8 Å². The van der Waals surface area contributed by atoms with E-state index < -0.39 is 11.1 Å². The predicted octanol–water partition coefficient (Wildman–Crippen LogP) is 0.289. The highest BCUT2D eigenvalue weighted by atomic mass is 16.2. The van der Waals surface area contributed by atoms with E-state index >= 15 is 0 Å². The van der Waals surface area contributed by atoms with Gasteiger partial charge < -0.3 is 14.9 Å². The van der Waals surface area contributed by atoms with Gasteiger partial charge in [-0.1, -0.05) is 30.3 Å². The van der Waals surface area contributed by atoms with Crippen LogP contribution in [0.3, 0.4) is 0 Å². The van der Waals surface area contributed by atoms with Crippen LogP contribution in [0.2, 0.25) is 0 Å². The normalized spacial score (nSPS) is 12.3. The SMILES string of the molecule is Cn1ccn(CC(CN)c2ccccc2)c(=O)c1=O. The van der Waals surface area contributed by atoms with Gasteiger partial charge in [0.1, 0.15) is 0 Å². The van der Waals surface area contributed by atoms with Crippen LogP contribution in [0, 0.1) is 0 Å². The van der Waals surface area contributed by atoms with Crippen LogP contribution in [-0.4, -0.2) is 15.7 Å². The zero-order chi connectivity index (χ0) is 13.8. The molecule has 2 rings (SSSR count). The van der Waals surface area contributed by atoms with Crippen LogP contribution in [-0.2, 0) is 13.6 Å². The maximum atomic E-state index is 11.9. The lowest BCUT2D eigenvalue weighted by atomic mass is 9.99. The minimum absolute atomic E-state index is 0.0195. The van der Waals surface area contributed by atoms with Crippen molar-refractivity contribution in [3.05, 3.63) is 69.0 Å². The number of aromatic nitrogens is 2. The Labute approximate surface area is 110 Å². The first-order chi connectivity index (χ1) is 9.13. The molecule has 5 nitrogen and oxygen atoms in total. The zero-order valence-electron chi connectivity index (χ0n) is 10.8. The molecule has 0 bridgehead atoms. The third-order valence-corrected chi connectivity index (χ3v) is 3.21. The molecule has 1 heterocycles. The van der Waals surface area contributed by atoms with Crippen molar-refractivity contribution in [3.8, 4) is 0 Å². The second kappa shape index (κ2) is 5.67. The summed E-state index contributed by atoms with van der Waals surface area (Å²) < 4.78 is 2.70. The van der Waals surface area contributed by atoms with Gasteiger partial charge in [-0.3, -0.25) is 9.59 Å². The van der Waals surface area contributed by atoms with Crippen molar-refractivity contribution < 1.29 is 0 Å². The summed E-state index contributed by atoms with van der Waals surface area (Å²) in [7, 11) is 1.56. The molecular formula is C14H17N3O2. The average molecular weight is 259 g/mol. The van der Waals surface area contributed by atoms with E-state index in [9.17, 15) is 9.59 Å². The van der Waals surface area contributed by atoms with E-state index in [0.717, 1.165) is 5.56 Å². The van der Waals surface area contributed by atoms with E-state index in [1.807, 2.05) is 30.3 Å². The lowest BCUT2D eigenvalue weighted by Gasteiger charge is -2.16. The molecule has 0 fully saturated rings. The van der Waals surface area contributed by atoms with Gasteiger partial charge in [0.2, 0.25) is 0 Å². The molecule has 2 aromatic rings. The van der Waals surface area contributed by atoms with Crippen LogP contribution in [0.25, 0.3) is 0 Å². The van der Waals surface area contributed by atoms with Crippen molar-refractivity contribution in [2.75, 3.05) is 6.54 Å². The Morgan fingerprint density at radius 2 is 1.79 bits per heavy atom. The summed E-state index contributed by atoms with van der Waals surface area (Å²) >= 11 is 0. The molecular weight excluding hydrogens is 242 g/mol. The van der Waals surface area contributed by atoms with Gasteiger partial charge in [-0.25, -0.2) is 0 Å². The summed E-state index contributed by atoms with van der Waals surface area (Å²) in [6, 6.07) is 9.75. The molecule has 100 valence electrons. The fourth-order valence-electron chi connectivity index (χ4n) is 2.01. The number of rotatable bonds is 4. The first-order valence-corrected chi connectivity index (χ1v) is 6.14. The number of hydrogen-bond donors (Lipinski definition) is 1. The average Bonchev–Trinajstić information content (AvgIpc) is 2.45. The van der Waals surface area contributed by atoms with Gasteiger partial charge >= 0.3 is 11.1 Å². The molecule has 0 aliphatic carbocycles. The van der Waals surface area contributed by atoms with Crippen LogP contribution in [0.4, 0.5) is 0 Å². The standard InChI is InChI=1S/C14H17N3O2/c1-16-7-8-17(14(19)13(16)18)10-12(9-15)11-5-3-2-4-6-11/h2-8,12H,9-10,15H2,1H3. The molecule has 1 aromatic carbocycles. The summed E-state index contributed by atoms with van der Waals surface area (Å²) in [5.41, 5.74) is 5.80. The Kier molecular flexibility index (Phi) is 3.97. The number of aryl methyl sites for hydroxylation is 1. The van der Waals surface area contributed by atoms with Crippen LogP contribution in [0.5, 0.6) is 0 Å². The zero-order valence-corrected chi connectivity index (χ0v) is 10.8. The molecule has 0 radical (unpaired) electrons. The van der Waals surface area contributed by atoms with Gasteiger partial charge in [0, 0.05) is 38.4 Å². The fraction of sp³-hybridized carbons (Fsp3) is 0.286. The van der Waals surface area contributed by atoms with Crippen LogP contribution in [0.1, 0.15) is 11.5 Å². The van der Waals surface area contributed by atoms with Gasteiger partial charge in [-0.05, 0) is 5.56 Å². The van der Waals surface area contributed by atoms with E-state index in [1.54, 1.807) is 19.4 Å². The summed E-state index contributed by atoms with van der Waals surface area (Å²) in [6.07, 6.45) is 3.21. The molecule has 0 aliphatic rings. The highest BCUT2D eigenvalue weighted by Gasteiger charge is 2.12. The number of benzene rings is 1. The highest BCUT2D eigenvalue weighted by Crippen LogP contribution is 2.15. The maximum Gasteiger partial charge on any atom is 0.316 e. The third-order valence-electron chi connectivity index (χ3n) is 3.21. The molecule has 1 unspecified atom stereocenters. The van der Waals surface area contributed by atoms with E-state index in [2.05, 4.69) is 0 Å². The molecule has 0 aliphatic heterocycles. The Morgan fingerprint density at radius 1 is 1.11 bits per heavy atom. The summed E-state index contributed by atoms with van der Waals surface area (Å²) in [4.78, 5) is 23.5. The Hall–Kier alpha value is -2.14. The Morgan fingerprint density at radius 3 is 2.42 bits per heavy atom. The predicted molar refractivity (Wildman–Crippen MR) is 74.2 cm³/mol. The van der Waals surface area contributed by atoms with Gasteiger partial charge in [-0.2, -0.15) is 0 Å². The van der Waals surface area contributed by atoms with E-state index in [4.69, 9.17) is 5.73 Å². The minimum Gasteiger partial charge on any atom is -0.330 e. The number of hydrogen-bond acceptors (Lipinski definition) is 3. The van der Waals surface area contributed by atoms with Gasteiger partial charge in [0.15, 0.2) is 0 Å². The molecule has 1 aromatic heterocycles. The molecule has 0 saturated carbocycles. The molecule has 1 atom stereocenters. The van der Waals surface area contributed by atoms with E-state index in [-0.39, 0.29) is 5.92 Å². The molecule has 5 heteroatoms. The van der Waals surface area contributed by atoms with Gasteiger partial charge in [0.05, 0.1) is 0 Å². The quantitative estimate of drug-likeness (QED) is 0.802. The van der Waals surface area contributed by atoms with Crippen LogP contribution in [0.15, 0.2) is 52.3 Å². The topological polar surface area (TPSA) is 70.0 Å². The Balaban J connectivity index is 2.32. The minimum atomic E-state index is -0.522. The summed E-state index contributed by atoms with van der Waals surface area (Å²) in [6.45, 7) is 0.834. The second-order valence-corrected chi connectivity index (χ2v) is 4.52. The maximum absolute atomic E-state index is 11.9. The van der Waals surface area contributed by atoms with Gasteiger partial charge in [-0.15, -0.1) is 0 Å². The van der Waals surface area contributed by atoms with E-state index in [1.165, 1.54) is 9.13 Å². The van der Waals surface area contributed by atoms with Crippen LogP contribution < -0.4 is 16.9 Å². The van der Waals surface area contributed by atoms with Gasteiger partial charge in [0.25, 0.3) is 0 Å². The lowest BCUT2D eigenvalue weighted by molar-refractivity contribution is 0.540. The van der Waals surface area contributed by atoms with Crippen molar-refractivity contribution in [1.82, 2.24) is 9.13 Å². The smallest absolute Gasteiger partial charge is 0.316 e. The highest BCUT2D eigenvalue weighted by molar-refractivity contribution is 5.19. The third kappa shape index (κ3) is 2.82. The monoisotopic (exact) mass is 259 g/mol. The summed E-state index contributed by atoms with van der Waals surface area (Å²) in [5, 5.41) is 0. The summed E-state index contributed by atoms with van der Waals surface area (Å²) in [5.74, 6) is 0.0195. The Bertz CT molecular complexity index is 658. The second-order valence-electron chi connectivity index (χ2n) is 4.52. The fourth-order valence-corrected chi connectivity index (χ4v) is 2.01. The molecule has 2 N–H and O–H groups in total. The van der Waals surface area contributed by atoms with Crippen molar-refractivity contribution in [2.45, 2.75) is 12.5 Å². The van der Waals surface area contributed by atoms with Crippen molar-refractivity contribution >= 4 is 0 Å². The van der Waals surface area contributed by atoms with E-state index in [0.29, 0.717) is 13.1 Å². The van der Waals surface area contributed by atoms with Crippen LogP contribution >= 0.6 is 0 Å². The molecule has 0 saturated heterocycles. The lowest BCUT2D eigenvalue weighted by Crippen LogP contribution is -2.40. The first kappa shape index (κ1) is 13.3. The van der Waals surface area contributed by atoms with Crippen molar-refractivity contribution in [3.63, 3.8) is 0 Å².